The molecular formula is C13H18N4O. The predicted molar refractivity (Wildman–Crippen MR) is 71.2 cm³/mol. The molecule has 2 rings (SSSR count). The van der Waals surface area contributed by atoms with Crippen LogP contribution < -0.4 is 10.6 Å². The third-order valence-corrected chi connectivity index (χ3v) is 2.89. The van der Waals surface area contributed by atoms with Gasteiger partial charge in [0.05, 0.1) is 17.8 Å². The van der Waals surface area contributed by atoms with E-state index in [0.717, 1.165) is 23.1 Å². The summed E-state index contributed by atoms with van der Waals surface area (Å²) >= 11 is 0. The number of amides is 1. The number of hydrogen-bond acceptors (Lipinski definition) is 3. The van der Waals surface area contributed by atoms with Crippen molar-refractivity contribution < 1.29 is 4.79 Å². The van der Waals surface area contributed by atoms with Gasteiger partial charge in [-0.15, -0.1) is 0 Å². The smallest absolute Gasteiger partial charge is 0.233 e. The summed E-state index contributed by atoms with van der Waals surface area (Å²) in [7, 11) is 1.63. The molecule has 5 heteroatoms. The molecule has 2 N–H and O–H groups in total. The Bertz CT molecular complexity index is 547. The van der Waals surface area contributed by atoms with E-state index in [2.05, 4.69) is 34.8 Å². The zero-order valence-electron chi connectivity index (χ0n) is 10.7. The Morgan fingerprint density at radius 2 is 2.17 bits per heavy atom. The molecule has 2 aromatic rings. The molecule has 0 saturated heterocycles. The highest BCUT2D eigenvalue weighted by Gasteiger charge is 2.08. The fourth-order valence-corrected chi connectivity index (χ4v) is 1.95. The number of aromatic nitrogens is 2. The number of benzene rings is 1. The number of likely N-dealkylation sites (N-methyl/N-ethyl adjacent to an activating group) is 1. The van der Waals surface area contributed by atoms with E-state index in [1.165, 1.54) is 0 Å². The maximum atomic E-state index is 11.1. The van der Waals surface area contributed by atoms with Crippen LogP contribution in [0.3, 0.4) is 0 Å². The van der Waals surface area contributed by atoms with Crippen molar-refractivity contribution in [2.45, 2.75) is 20.0 Å². The van der Waals surface area contributed by atoms with E-state index in [0.29, 0.717) is 13.1 Å². The average molecular weight is 246 g/mol. The molecule has 0 fully saturated rings. The number of hydrogen-bond donors (Lipinski definition) is 2. The molecule has 0 aliphatic rings. The summed E-state index contributed by atoms with van der Waals surface area (Å²) in [4.78, 5) is 11.1. The summed E-state index contributed by atoms with van der Waals surface area (Å²) in [5.41, 5.74) is 2.12. The van der Waals surface area contributed by atoms with Crippen molar-refractivity contribution in [1.82, 2.24) is 20.4 Å². The number of nitrogens with zero attached hydrogens (tertiary/aromatic N) is 2. The quantitative estimate of drug-likeness (QED) is 0.824. The van der Waals surface area contributed by atoms with E-state index in [1.807, 2.05) is 16.8 Å². The summed E-state index contributed by atoms with van der Waals surface area (Å²) in [6.07, 6.45) is 0. The van der Waals surface area contributed by atoms with Crippen LogP contribution in [0.1, 0.15) is 12.6 Å². The van der Waals surface area contributed by atoms with Crippen molar-refractivity contribution in [3.63, 3.8) is 0 Å². The van der Waals surface area contributed by atoms with Crippen molar-refractivity contribution >= 4 is 16.8 Å². The maximum absolute atomic E-state index is 11.1. The normalized spacial score (nSPS) is 10.8. The lowest BCUT2D eigenvalue weighted by molar-refractivity contribution is -0.119. The van der Waals surface area contributed by atoms with Crippen LogP contribution in [-0.4, -0.2) is 29.3 Å². The van der Waals surface area contributed by atoms with E-state index >= 15 is 0 Å². The maximum Gasteiger partial charge on any atom is 0.233 e. The molecule has 0 aliphatic heterocycles. The topological polar surface area (TPSA) is 59.0 Å². The molecule has 1 amide bonds. The molecule has 1 heterocycles. The second-order valence-electron chi connectivity index (χ2n) is 4.06. The molecule has 0 saturated carbocycles. The van der Waals surface area contributed by atoms with Crippen LogP contribution >= 0.6 is 0 Å². The lowest BCUT2D eigenvalue weighted by Crippen LogP contribution is -2.31. The highest BCUT2D eigenvalue weighted by Crippen LogP contribution is 2.17. The van der Waals surface area contributed by atoms with Crippen LogP contribution in [0.2, 0.25) is 0 Å². The minimum absolute atomic E-state index is 0.0192. The minimum Gasteiger partial charge on any atom is -0.358 e. The van der Waals surface area contributed by atoms with Crippen molar-refractivity contribution in [3.8, 4) is 0 Å². The summed E-state index contributed by atoms with van der Waals surface area (Å²) < 4.78 is 1.98. The molecule has 0 radical (unpaired) electrons. The molecule has 0 spiro atoms. The number of para-hydroxylation sites is 1. The monoisotopic (exact) mass is 246 g/mol. The lowest BCUT2D eigenvalue weighted by atomic mass is 10.2. The van der Waals surface area contributed by atoms with Crippen LogP contribution in [-0.2, 0) is 17.9 Å². The second kappa shape index (κ2) is 5.64. The Hall–Kier alpha value is -1.88. The van der Waals surface area contributed by atoms with Crippen molar-refractivity contribution in [3.05, 3.63) is 30.0 Å². The van der Waals surface area contributed by atoms with Gasteiger partial charge < -0.3 is 10.6 Å². The van der Waals surface area contributed by atoms with Gasteiger partial charge in [0.15, 0.2) is 0 Å². The highest BCUT2D eigenvalue weighted by molar-refractivity contribution is 5.82. The summed E-state index contributed by atoms with van der Waals surface area (Å²) in [5, 5.41) is 11.4. The van der Waals surface area contributed by atoms with E-state index in [9.17, 15) is 4.79 Å². The van der Waals surface area contributed by atoms with Crippen LogP contribution in [0.4, 0.5) is 0 Å². The number of carbonyl (C=O) groups excluding carboxylic acids is 1. The lowest BCUT2D eigenvalue weighted by Gasteiger charge is -2.01. The molecule has 0 unspecified atom stereocenters. The van der Waals surface area contributed by atoms with Gasteiger partial charge in [0.2, 0.25) is 5.91 Å². The molecular weight excluding hydrogens is 228 g/mol. The standard InChI is InChI=1S/C13H18N4O/c1-3-17-12-7-5-4-6-10(12)11(16-17)8-15-9-13(18)14-2/h4-7,15H,3,8-9H2,1-2H3,(H,14,18). The van der Waals surface area contributed by atoms with Crippen LogP contribution in [0.15, 0.2) is 24.3 Å². The fraction of sp³-hybridized carbons (Fsp3) is 0.385. The second-order valence-corrected chi connectivity index (χ2v) is 4.06. The first-order valence-electron chi connectivity index (χ1n) is 6.12. The number of carbonyl (C=O) groups is 1. The van der Waals surface area contributed by atoms with Gasteiger partial charge in [-0.25, -0.2) is 0 Å². The van der Waals surface area contributed by atoms with E-state index in [1.54, 1.807) is 7.05 Å². The fourth-order valence-electron chi connectivity index (χ4n) is 1.95. The van der Waals surface area contributed by atoms with E-state index in [4.69, 9.17) is 0 Å². The van der Waals surface area contributed by atoms with Gasteiger partial charge in [-0.2, -0.15) is 5.10 Å². The van der Waals surface area contributed by atoms with Crippen molar-refractivity contribution in [2.24, 2.45) is 0 Å². The van der Waals surface area contributed by atoms with Gasteiger partial charge in [-0.3, -0.25) is 9.48 Å². The highest BCUT2D eigenvalue weighted by atomic mass is 16.1. The SMILES string of the molecule is CCn1nc(CNCC(=O)NC)c2ccccc21. The van der Waals surface area contributed by atoms with Crippen LogP contribution in [0.5, 0.6) is 0 Å². The minimum atomic E-state index is -0.0192. The number of rotatable bonds is 5. The molecule has 1 aromatic carbocycles. The van der Waals surface area contributed by atoms with Crippen molar-refractivity contribution in [2.75, 3.05) is 13.6 Å². The number of aryl methyl sites for hydroxylation is 1. The van der Waals surface area contributed by atoms with Crippen LogP contribution in [0, 0.1) is 0 Å². The summed E-state index contributed by atoms with van der Waals surface area (Å²) in [6.45, 7) is 3.82. The largest absolute Gasteiger partial charge is 0.358 e. The van der Waals surface area contributed by atoms with Crippen LogP contribution in [0.25, 0.3) is 10.9 Å². The molecule has 96 valence electrons. The molecule has 0 aliphatic carbocycles. The third kappa shape index (κ3) is 2.51. The average Bonchev–Trinajstić information content (AvgIpc) is 2.77. The Labute approximate surface area is 106 Å². The third-order valence-electron chi connectivity index (χ3n) is 2.89. The van der Waals surface area contributed by atoms with E-state index in [-0.39, 0.29) is 5.91 Å². The Balaban J connectivity index is 2.15. The molecule has 0 atom stereocenters. The Morgan fingerprint density at radius 3 is 2.89 bits per heavy atom. The van der Waals surface area contributed by atoms with Gasteiger partial charge >= 0.3 is 0 Å². The number of nitrogens with one attached hydrogen (secondary N) is 2. The predicted octanol–water partition coefficient (Wildman–Crippen LogP) is 0.892. The molecule has 18 heavy (non-hydrogen) atoms. The summed E-state index contributed by atoms with van der Waals surface area (Å²) in [5.74, 6) is -0.0192. The van der Waals surface area contributed by atoms with Gasteiger partial charge in [0, 0.05) is 25.5 Å². The first kappa shape index (κ1) is 12.6. The zero-order valence-corrected chi connectivity index (χ0v) is 10.7. The van der Waals surface area contributed by atoms with Gasteiger partial charge in [-0.05, 0) is 13.0 Å². The first-order valence-corrected chi connectivity index (χ1v) is 6.12. The molecule has 1 aromatic heterocycles. The number of fused-ring (bicyclic) bond motifs is 1. The molecule has 0 bridgehead atoms. The zero-order chi connectivity index (χ0) is 13.0. The van der Waals surface area contributed by atoms with Gasteiger partial charge in [0.1, 0.15) is 0 Å². The molecule has 5 nitrogen and oxygen atoms in total. The Kier molecular flexibility index (Phi) is 3.94. The van der Waals surface area contributed by atoms with Gasteiger partial charge in [-0.1, -0.05) is 18.2 Å². The van der Waals surface area contributed by atoms with E-state index < -0.39 is 0 Å². The van der Waals surface area contributed by atoms with Crippen molar-refractivity contribution in [1.29, 1.82) is 0 Å². The summed E-state index contributed by atoms with van der Waals surface area (Å²) in [6, 6.07) is 8.14. The van der Waals surface area contributed by atoms with Gasteiger partial charge in [0.25, 0.3) is 0 Å². The first-order chi connectivity index (χ1) is 8.76. The Morgan fingerprint density at radius 1 is 1.39 bits per heavy atom.